The second-order valence-electron chi connectivity index (χ2n) is 8.41. The zero-order chi connectivity index (χ0) is 24.1. The van der Waals surface area contributed by atoms with Crippen LogP contribution in [0, 0.1) is 5.92 Å². The fourth-order valence-electron chi connectivity index (χ4n) is 4.38. The first-order chi connectivity index (χ1) is 16.3. The molecular formula is C26H26NO6P. The van der Waals surface area contributed by atoms with Crippen molar-refractivity contribution in [1.29, 1.82) is 0 Å². The second-order valence-corrected chi connectivity index (χ2v) is 10.8. The Labute approximate surface area is 197 Å². The highest BCUT2D eigenvalue weighted by Gasteiger charge is 2.31. The molecule has 0 radical (unpaired) electrons. The van der Waals surface area contributed by atoms with Gasteiger partial charge in [-0.05, 0) is 34.2 Å². The molecule has 4 rings (SSSR count). The third kappa shape index (κ3) is 5.56. The predicted octanol–water partition coefficient (Wildman–Crippen LogP) is 4.70. The highest BCUT2D eigenvalue weighted by atomic mass is 31.2. The van der Waals surface area contributed by atoms with E-state index in [0.717, 1.165) is 27.8 Å². The number of alkyl carbamates (subject to hydrolysis) is 1. The van der Waals surface area contributed by atoms with Crippen molar-refractivity contribution in [3.63, 3.8) is 0 Å². The average molecular weight is 479 g/mol. The summed E-state index contributed by atoms with van der Waals surface area (Å²) in [6.45, 7) is 0.0847. The minimum absolute atomic E-state index is 0.0847. The van der Waals surface area contributed by atoms with Crippen molar-refractivity contribution in [2.75, 3.05) is 19.1 Å². The Balaban J connectivity index is 1.33. The Morgan fingerprint density at radius 3 is 2.06 bits per heavy atom. The van der Waals surface area contributed by atoms with E-state index in [2.05, 4.69) is 5.32 Å². The fraction of sp³-hybridized carbons (Fsp3) is 0.231. The van der Waals surface area contributed by atoms with Gasteiger partial charge in [-0.2, -0.15) is 0 Å². The molecule has 3 aromatic rings. The minimum atomic E-state index is -3.94. The van der Waals surface area contributed by atoms with Crippen LogP contribution >= 0.6 is 7.37 Å². The van der Waals surface area contributed by atoms with Crippen molar-refractivity contribution in [3.8, 4) is 11.1 Å². The standard InChI is InChI=1S/C26H26NO6P/c28-25(29)19(14-18-8-2-1-3-9-18)16-34(31,32)17-27-26(30)33-15-24-22-12-6-4-10-20(22)21-11-5-7-13-23(21)24/h1-13,19,24H,14-17H2,(H,27,30)(H,28,29)(H,31,32). The number of amides is 1. The summed E-state index contributed by atoms with van der Waals surface area (Å²) in [5, 5.41) is 11.8. The second kappa shape index (κ2) is 10.2. The van der Waals surface area contributed by atoms with E-state index in [1.807, 2.05) is 54.6 Å². The van der Waals surface area contributed by atoms with Crippen LogP contribution < -0.4 is 5.32 Å². The molecular weight excluding hydrogens is 453 g/mol. The average Bonchev–Trinajstić information content (AvgIpc) is 3.15. The topological polar surface area (TPSA) is 113 Å². The molecule has 0 bridgehead atoms. The molecule has 1 aliphatic carbocycles. The van der Waals surface area contributed by atoms with Crippen LogP contribution in [0.25, 0.3) is 11.1 Å². The number of ether oxygens (including phenoxy) is 1. The number of carbonyl (C=O) groups is 2. The molecule has 176 valence electrons. The van der Waals surface area contributed by atoms with Crippen molar-refractivity contribution in [2.24, 2.45) is 5.92 Å². The Kier molecular flexibility index (Phi) is 7.15. The normalized spacial score (nSPS) is 15.0. The summed E-state index contributed by atoms with van der Waals surface area (Å²) in [6, 6.07) is 24.8. The van der Waals surface area contributed by atoms with Crippen LogP contribution in [-0.4, -0.2) is 41.1 Å². The number of aliphatic carboxylic acids is 1. The molecule has 8 heteroatoms. The van der Waals surface area contributed by atoms with Gasteiger partial charge in [0.15, 0.2) is 0 Å². The maximum Gasteiger partial charge on any atom is 0.407 e. The lowest BCUT2D eigenvalue weighted by molar-refractivity contribution is -0.141. The monoisotopic (exact) mass is 479 g/mol. The quantitative estimate of drug-likeness (QED) is 0.384. The number of carboxylic acids is 1. The molecule has 1 aliphatic rings. The number of hydrogen-bond donors (Lipinski definition) is 3. The van der Waals surface area contributed by atoms with Gasteiger partial charge in [-0.1, -0.05) is 78.9 Å². The largest absolute Gasteiger partial charge is 0.481 e. The smallest absolute Gasteiger partial charge is 0.407 e. The molecule has 3 N–H and O–H groups in total. The van der Waals surface area contributed by atoms with E-state index in [0.29, 0.717) is 0 Å². The summed E-state index contributed by atoms with van der Waals surface area (Å²) in [6.07, 6.45) is -1.68. The van der Waals surface area contributed by atoms with E-state index in [4.69, 9.17) is 4.74 Å². The van der Waals surface area contributed by atoms with E-state index < -0.39 is 37.8 Å². The van der Waals surface area contributed by atoms with Crippen LogP contribution in [-0.2, 0) is 20.5 Å². The molecule has 0 aromatic heterocycles. The minimum Gasteiger partial charge on any atom is -0.481 e. The fourth-order valence-corrected chi connectivity index (χ4v) is 5.85. The maximum atomic E-state index is 12.6. The van der Waals surface area contributed by atoms with Gasteiger partial charge in [0.1, 0.15) is 6.61 Å². The van der Waals surface area contributed by atoms with Crippen molar-refractivity contribution < 1.29 is 28.9 Å². The van der Waals surface area contributed by atoms with E-state index in [9.17, 15) is 24.2 Å². The van der Waals surface area contributed by atoms with Crippen LogP contribution in [0.4, 0.5) is 4.79 Å². The number of benzene rings is 3. The van der Waals surface area contributed by atoms with Gasteiger partial charge in [-0.3, -0.25) is 9.36 Å². The SMILES string of the molecule is O=C(NCP(=O)(O)CC(Cc1ccccc1)C(=O)O)OCC1c2ccccc2-c2ccccc21. The third-order valence-electron chi connectivity index (χ3n) is 5.99. The van der Waals surface area contributed by atoms with Crippen molar-refractivity contribution >= 4 is 19.4 Å². The van der Waals surface area contributed by atoms with Crippen molar-refractivity contribution in [3.05, 3.63) is 95.6 Å². The van der Waals surface area contributed by atoms with Gasteiger partial charge < -0.3 is 20.1 Å². The summed E-state index contributed by atoms with van der Waals surface area (Å²) >= 11 is 0. The summed E-state index contributed by atoms with van der Waals surface area (Å²) in [4.78, 5) is 34.2. The van der Waals surface area contributed by atoms with Gasteiger partial charge in [0, 0.05) is 12.1 Å². The zero-order valence-electron chi connectivity index (χ0n) is 18.5. The first-order valence-corrected chi connectivity index (χ1v) is 13.0. The number of fused-ring (bicyclic) bond motifs is 3. The van der Waals surface area contributed by atoms with Crippen LogP contribution in [0.15, 0.2) is 78.9 Å². The number of rotatable bonds is 9. The lowest BCUT2D eigenvalue weighted by atomic mass is 9.98. The van der Waals surface area contributed by atoms with E-state index in [1.54, 1.807) is 24.3 Å². The Bertz CT molecular complexity index is 1180. The van der Waals surface area contributed by atoms with Gasteiger partial charge in [-0.15, -0.1) is 0 Å². The maximum absolute atomic E-state index is 12.6. The Morgan fingerprint density at radius 2 is 1.47 bits per heavy atom. The first-order valence-electron chi connectivity index (χ1n) is 11.0. The molecule has 0 saturated carbocycles. The zero-order valence-corrected chi connectivity index (χ0v) is 19.4. The highest BCUT2D eigenvalue weighted by Crippen LogP contribution is 2.45. The van der Waals surface area contributed by atoms with Crippen molar-refractivity contribution in [2.45, 2.75) is 12.3 Å². The van der Waals surface area contributed by atoms with E-state index in [1.165, 1.54) is 0 Å². The number of hydrogen-bond acceptors (Lipinski definition) is 4. The lowest BCUT2D eigenvalue weighted by Crippen LogP contribution is -2.29. The van der Waals surface area contributed by atoms with Gasteiger partial charge in [0.2, 0.25) is 7.37 Å². The molecule has 0 aliphatic heterocycles. The van der Waals surface area contributed by atoms with Gasteiger partial charge in [0.05, 0.1) is 12.2 Å². The van der Waals surface area contributed by atoms with Crippen LogP contribution in [0.5, 0.6) is 0 Å². The number of nitrogens with one attached hydrogen (secondary N) is 1. The van der Waals surface area contributed by atoms with Gasteiger partial charge in [0.25, 0.3) is 0 Å². The molecule has 34 heavy (non-hydrogen) atoms. The third-order valence-corrected chi connectivity index (χ3v) is 7.66. The highest BCUT2D eigenvalue weighted by molar-refractivity contribution is 7.58. The Hall–Kier alpha value is -3.41. The molecule has 2 unspecified atom stereocenters. The molecule has 0 fully saturated rings. The molecule has 2 atom stereocenters. The number of carbonyl (C=O) groups excluding carboxylic acids is 1. The van der Waals surface area contributed by atoms with Crippen LogP contribution in [0.3, 0.4) is 0 Å². The summed E-state index contributed by atoms with van der Waals surface area (Å²) in [5.74, 6) is -2.32. The van der Waals surface area contributed by atoms with Crippen LogP contribution in [0.2, 0.25) is 0 Å². The van der Waals surface area contributed by atoms with Gasteiger partial charge >= 0.3 is 12.1 Å². The van der Waals surface area contributed by atoms with Gasteiger partial charge in [-0.25, -0.2) is 4.79 Å². The molecule has 1 amide bonds. The van der Waals surface area contributed by atoms with E-state index >= 15 is 0 Å². The summed E-state index contributed by atoms with van der Waals surface area (Å²) in [5.41, 5.74) is 5.10. The summed E-state index contributed by atoms with van der Waals surface area (Å²) < 4.78 is 18.0. The Morgan fingerprint density at radius 1 is 0.912 bits per heavy atom. The lowest BCUT2D eigenvalue weighted by Gasteiger charge is -2.18. The molecule has 0 saturated heterocycles. The number of carboxylic acid groups (broad SMARTS) is 1. The molecule has 3 aromatic carbocycles. The van der Waals surface area contributed by atoms with Crippen molar-refractivity contribution in [1.82, 2.24) is 5.32 Å². The predicted molar refractivity (Wildman–Crippen MR) is 129 cm³/mol. The van der Waals surface area contributed by atoms with Crippen LogP contribution in [0.1, 0.15) is 22.6 Å². The molecule has 0 heterocycles. The van der Waals surface area contributed by atoms with E-state index in [-0.39, 0.29) is 18.9 Å². The summed E-state index contributed by atoms with van der Waals surface area (Å²) in [7, 11) is -3.94. The first kappa shape index (κ1) is 23.7. The molecule has 0 spiro atoms. The molecule has 7 nitrogen and oxygen atoms in total.